The van der Waals surface area contributed by atoms with Crippen molar-refractivity contribution in [3.05, 3.63) is 89.6 Å². The van der Waals surface area contributed by atoms with E-state index in [1.54, 1.807) is 6.20 Å². The fourth-order valence-corrected chi connectivity index (χ4v) is 5.02. The first-order valence-electron chi connectivity index (χ1n) is 14.4. The lowest BCUT2D eigenvalue weighted by Crippen LogP contribution is -2.37. The van der Waals surface area contributed by atoms with Gasteiger partial charge in [0.1, 0.15) is 0 Å². The summed E-state index contributed by atoms with van der Waals surface area (Å²) in [6, 6.07) is 23.7. The van der Waals surface area contributed by atoms with Gasteiger partial charge in [0.15, 0.2) is 0 Å². The second-order valence-electron chi connectivity index (χ2n) is 10.4. The van der Waals surface area contributed by atoms with E-state index in [9.17, 15) is 0 Å². The molecule has 1 saturated heterocycles. The lowest BCUT2D eigenvalue weighted by Gasteiger charge is -2.26. The maximum Gasteiger partial charge on any atom is 0.233 e. The van der Waals surface area contributed by atoms with Crippen molar-refractivity contribution < 1.29 is 4.74 Å². The van der Waals surface area contributed by atoms with Crippen LogP contribution < -0.4 is 21.3 Å². The van der Waals surface area contributed by atoms with Gasteiger partial charge in [-0.05, 0) is 74.5 Å². The molecule has 10 nitrogen and oxygen atoms in total. The number of anilines is 7. The normalized spacial score (nSPS) is 13.5. The quantitative estimate of drug-likeness (QED) is 0.122. The van der Waals surface area contributed by atoms with Crippen molar-refractivity contribution in [2.24, 2.45) is 0 Å². The van der Waals surface area contributed by atoms with Crippen LogP contribution in [0.3, 0.4) is 0 Å². The molecular formula is C32H34ClN9O. The van der Waals surface area contributed by atoms with Crippen molar-refractivity contribution in [2.75, 3.05) is 60.7 Å². The molecule has 220 valence electrons. The lowest BCUT2D eigenvalue weighted by molar-refractivity contribution is 0.0378. The summed E-state index contributed by atoms with van der Waals surface area (Å²) in [7, 11) is 0. The van der Waals surface area contributed by atoms with Crippen LogP contribution in [0.25, 0.3) is 10.9 Å². The maximum absolute atomic E-state index is 6.17. The van der Waals surface area contributed by atoms with E-state index in [4.69, 9.17) is 16.3 Å². The van der Waals surface area contributed by atoms with Crippen LogP contribution in [0, 0.1) is 6.92 Å². The molecule has 0 radical (unpaired) electrons. The van der Waals surface area contributed by atoms with E-state index in [-0.39, 0.29) is 0 Å². The number of benzene rings is 3. The van der Waals surface area contributed by atoms with Gasteiger partial charge in [0.05, 0.1) is 18.7 Å². The summed E-state index contributed by atoms with van der Waals surface area (Å²) in [5, 5.41) is 15.2. The van der Waals surface area contributed by atoms with E-state index < -0.39 is 0 Å². The number of nitrogens with one attached hydrogen (secondary N) is 4. The molecule has 2 aromatic heterocycles. The smallest absolute Gasteiger partial charge is 0.233 e. The highest BCUT2D eigenvalue weighted by atomic mass is 35.5. The second kappa shape index (κ2) is 13.6. The van der Waals surface area contributed by atoms with Crippen LogP contribution in [-0.2, 0) is 4.74 Å². The third-order valence-electron chi connectivity index (χ3n) is 7.08. The van der Waals surface area contributed by atoms with Crippen molar-refractivity contribution in [3.8, 4) is 0 Å². The van der Waals surface area contributed by atoms with Crippen LogP contribution in [0.1, 0.15) is 12.0 Å². The third kappa shape index (κ3) is 7.86. The summed E-state index contributed by atoms with van der Waals surface area (Å²) < 4.78 is 5.45. The Morgan fingerprint density at radius 2 is 1.51 bits per heavy atom. The summed E-state index contributed by atoms with van der Waals surface area (Å²) in [4.78, 5) is 20.8. The van der Waals surface area contributed by atoms with E-state index in [1.165, 1.54) is 5.56 Å². The predicted octanol–water partition coefficient (Wildman–Crippen LogP) is 6.75. The molecule has 11 heteroatoms. The number of ether oxygens (including phenoxy) is 1. The lowest BCUT2D eigenvalue weighted by atomic mass is 10.1. The minimum Gasteiger partial charge on any atom is -0.379 e. The summed E-state index contributed by atoms with van der Waals surface area (Å²) >= 11 is 6.17. The molecule has 43 heavy (non-hydrogen) atoms. The zero-order chi connectivity index (χ0) is 29.4. The van der Waals surface area contributed by atoms with Gasteiger partial charge in [-0.2, -0.15) is 15.0 Å². The number of morpholine rings is 1. The average Bonchev–Trinajstić information content (AvgIpc) is 3.01. The summed E-state index contributed by atoms with van der Waals surface area (Å²) in [5.74, 6) is 1.39. The Morgan fingerprint density at radius 3 is 2.30 bits per heavy atom. The molecule has 0 amide bonds. The molecule has 3 heterocycles. The van der Waals surface area contributed by atoms with Gasteiger partial charge in [-0.15, -0.1) is 0 Å². The number of rotatable bonds is 11. The number of halogens is 1. The number of hydrogen-bond donors (Lipinski definition) is 4. The molecule has 0 unspecified atom stereocenters. The van der Waals surface area contributed by atoms with E-state index >= 15 is 0 Å². The summed E-state index contributed by atoms with van der Waals surface area (Å²) in [6.07, 6.45) is 2.74. The summed E-state index contributed by atoms with van der Waals surface area (Å²) in [5.41, 5.74) is 5.59. The van der Waals surface area contributed by atoms with E-state index in [1.807, 2.05) is 72.8 Å². The zero-order valence-electron chi connectivity index (χ0n) is 24.0. The van der Waals surface area contributed by atoms with Gasteiger partial charge in [-0.3, -0.25) is 9.88 Å². The summed E-state index contributed by atoms with van der Waals surface area (Å²) in [6.45, 7) is 7.36. The van der Waals surface area contributed by atoms with Crippen LogP contribution in [0.15, 0.2) is 79.0 Å². The van der Waals surface area contributed by atoms with Gasteiger partial charge in [-0.1, -0.05) is 35.4 Å². The van der Waals surface area contributed by atoms with Crippen molar-refractivity contribution in [3.63, 3.8) is 0 Å². The minimum atomic E-state index is 0.432. The van der Waals surface area contributed by atoms with E-state index in [2.05, 4.69) is 53.0 Å². The second-order valence-corrected chi connectivity index (χ2v) is 10.8. The maximum atomic E-state index is 6.17. The Kier molecular flexibility index (Phi) is 9.07. The van der Waals surface area contributed by atoms with Crippen molar-refractivity contribution in [2.45, 2.75) is 13.3 Å². The first kappa shape index (κ1) is 28.6. The molecule has 4 N–H and O–H groups in total. The number of aryl methyl sites for hydroxylation is 1. The molecule has 0 aliphatic carbocycles. The largest absolute Gasteiger partial charge is 0.379 e. The monoisotopic (exact) mass is 595 g/mol. The molecule has 1 aliphatic heterocycles. The van der Waals surface area contributed by atoms with Gasteiger partial charge >= 0.3 is 0 Å². The highest BCUT2D eigenvalue weighted by Crippen LogP contribution is 2.29. The predicted molar refractivity (Wildman–Crippen MR) is 174 cm³/mol. The van der Waals surface area contributed by atoms with Gasteiger partial charge in [0.25, 0.3) is 0 Å². The average molecular weight is 596 g/mol. The van der Waals surface area contributed by atoms with Crippen LogP contribution >= 0.6 is 11.6 Å². The van der Waals surface area contributed by atoms with Gasteiger partial charge < -0.3 is 26.0 Å². The topological polar surface area (TPSA) is 112 Å². The standard InChI is InChI=1S/C32H34ClN9O/c1-22-6-9-24(10-7-22)37-31-39-30(35-13-3-15-42-16-18-43-19-17-42)40-32(41-31)38-26-5-2-4-25(21-26)36-28-12-14-34-29-20-23(33)8-11-27(28)29/h2,4-12,14,20-21H,3,13,15-19H2,1H3,(H,34,36)(H3,35,37,38,39,40,41). The fourth-order valence-electron chi connectivity index (χ4n) is 4.85. The third-order valence-corrected chi connectivity index (χ3v) is 7.32. The molecule has 0 bridgehead atoms. The van der Waals surface area contributed by atoms with Crippen LogP contribution in [0.2, 0.25) is 5.02 Å². The first-order chi connectivity index (χ1) is 21.1. The first-order valence-corrected chi connectivity index (χ1v) is 14.8. The Bertz CT molecular complexity index is 1680. The van der Waals surface area contributed by atoms with E-state index in [0.717, 1.165) is 79.5 Å². The van der Waals surface area contributed by atoms with Crippen LogP contribution in [0.5, 0.6) is 0 Å². The molecule has 0 atom stereocenters. The van der Waals surface area contributed by atoms with Crippen molar-refractivity contribution >= 4 is 63.1 Å². The molecule has 3 aromatic carbocycles. The molecule has 5 aromatic rings. The Labute approximate surface area is 255 Å². The van der Waals surface area contributed by atoms with Crippen LogP contribution in [0.4, 0.5) is 40.6 Å². The number of aromatic nitrogens is 4. The number of pyridine rings is 1. The zero-order valence-corrected chi connectivity index (χ0v) is 24.7. The van der Waals surface area contributed by atoms with Gasteiger partial charge in [-0.25, -0.2) is 0 Å². The SMILES string of the molecule is Cc1ccc(Nc2nc(NCCCN3CCOCC3)nc(Nc3cccc(Nc4ccnc5cc(Cl)ccc45)c3)n2)cc1. The highest BCUT2D eigenvalue weighted by molar-refractivity contribution is 6.31. The Hall–Kier alpha value is -4.51. The molecule has 0 saturated carbocycles. The van der Waals surface area contributed by atoms with Gasteiger partial charge in [0, 0.05) is 59.0 Å². The minimum absolute atomic E-state index is 0.432. The van der Waals surface area contributed by atoms with Crippen LogP contribution in [-0.4, -0.2) is 64.2 Å². The Balaban J connectivity index is 1.18. The van der Waals surface area contributed by atoms with E-state index in [0.29, 0.717) is 22.9 Å². The molecule has 6 rings (SSSR count). The molecule has 0 spiro atoms. The number of fused-ring (bicyclic) bond motifs is 1. The highest BCUT2D eigenvalue weighted by Gasteiger charge is 2.11. The van der Waals surface area contributed by atoms with Gasteiger partial charge in [0.2, 0.25) is 17.8 Å². The van der Waals surface area contributed by atoms with Crippen molar-refractivity contribution in [1.29, 1.82) is 0 Å². The number of hydrogen-bond acceptors (Lipinski definition) is 10. The Morgan fingerprint density at radius 1 is 0.791 bits per heavy atom. The number of nitrogens with zero attached hydrogens (tertiary/aromatic N) is 5. The van der Waals surface area contributed by atoms with Crippen molar-refractivity contribution in [1.82, 2.24) is 24.8 Å². The molecule has 1 fully saturated rings. The fraction of sp³-hybridized carbons (Fsp3) is 0.250. The molecular weight excluding hydrogens is 562 g/mol. The molecule has 1 aliphatic rings.